The van der Waals surface area contributed by atoms with Crippen molar-refractivity contribution in [3.63, 3.8) is 0 Å². The lowest BCUT2D eigenvalue weighted by molar-refractivity contribution is -0.132. The molecule has 12 heteroatoms. The molecule has 9 nitrogen and oxygen atoms in total. The zero-order chi connectivity index (χ0) is 28.2. The van der Waals surface area contributed by atoms with Crippen molar-refractivity contribution in [2.24, 2.45) is 0 Å². The third kappa shape index (κ3) is 5.75. The summed E-state index contributed by atoms with van der Waals surface area (Å²) in [6, 6.07) is 7.36. The van der Waals surface area contributed by atoms with Crippen LogP contribution in [0.1, 0.15) is 23.4 Å². The molecule has 0 aliphatic carbocycles. The first kappa shape index (κ1) is 27.5. The van der Waals surface area contributed by atoms with Crippen molar-refractivity contribution in [1.29, 1.82) is 0 Å². The second kappa shape index (κ2) is 12.0. The van der Waals surface area contributed by atoms with Crippen molar-refractivity contribution in [3.05, 3.63) is 76.2 Å². The second-order valence-electron chi connectivity index (χ2n) is 9.16. The molecule has 1 aliphatic heterocycles. The fourth-order valence-electron chi connectivity index (χ4n) is 4.58. The van der Waals surface area contributed by atoms with E-state index in [1.807, 2.05) is 6.92 Å². The first-order valence-electron chi connectivity index (χ1n) is 12.6. The maximum Gasteiger partial charge on any atom is 0.247 e. The molecule has 0 spiro atoms. The van der Waals surface area contributed by atoms with E-state index in [2.05, 4.69) is 32.2 Å². The zero-order valence-electron chi connectivity index (χ0n) is 21.6. The van der Waals surface area contributed by atoms with E-state index in [9.17, 15) is 14.0 Å². The number of halogens is 2. The van der Waals surface area contributed by atoms with Crippen molar-refractivity contribution in [2.45, 2.75) is 32.2 Å². The maximum absolute atomic E-state index is 14.6. The van der Waals surface area contributed by atoms with Crippen LogP contribution < -0.4 is 15.4 Å². The molecule has 0 saturated carbocycles. The summed E-state index contributed by atoms with van der Waals surface area (Å²) >= 11 is 7.51. The number of aromatic nitrogens is 3. The molecule has 40 heavy (non-hydrogen) atoms. The number of hydrogen-bond acceptors (Lipinski definition) is 8. The predicted octanol–water partition coefficient (Wildman–Crippen LogP) is 5.67. The minimum atomic E-state index is -0.640. The van der Waals surface area contributed by atoms with Gasteiger partial charge >= 0.3 is 0 Å². The van der Waals surface area contributed by atoms with Crippen molar-refractivity contribution in [1.82, 2.24) is 19.9 Å². The Balaban J connectivity index is 1.48. The van der Waals surface area contributed by atoms with Crippen LogP contribution in [-0.4, -0.2) is 50.9 Å². The molecule has 1 saturated heterocycles. The van der Waals surface area contributed by atoms with E-state index in [-0.39, 0.29) is 22.5 Å². The number of nitrogens with zero attached hydrogens (tertiary/aromatic N) is 4. The van der Waals surface area contributed by atoms with Crippen molar-refractivity contribution < 1.29 is 18.7 Å². The summed E-state index contributed by atoms with van der Waals surface area (Å²) in [6.45, 7) is 6.31. The van der Waals surface area contributed by atoms with Gasteiger partial charge in [0.15, 0.2) is 5.82 Å². The Morgan fingerprint density at radius 1 is 1.27 bits per heavy atom. The topological polar surface area (TPSA) is 109 Å². The number of likely N-dealkylation sites (tertiary alicyclic amines) is 1. The van der Waals surface area contributed by atoms with Crippen LogP contribution in [0.2, 0.25) is 5.02 Å². The molecule has 0 radical (unpaired) electrons. The van der Waals surface area contributed by atoms with Crippen LogP contribution in [0.5, 0.6) is 5.75 Å². The molecular formula is C28H26ClFN6O3S. The van der Waals surface area contributed by atoms with Gasteiger partial charge in [-0.05, 0) is 44.0 Å². The van der Waals surface area contributed by atoms with Crippen LogP contribution in [0.15, 0.2) is 54.8 Å². The summed E-state index contributed by atoms with van der Waals surface area (Å²) in [5.74, 6) is -0.534. The van der Waals surface area contributed by atoms with Crippen LogP contribution in [0, 0.1) is 12.7 Å². The van der Waals surface area contributed by atoms with Crippen LogP contribution in [-0.2, 0) is 16.0 Å². The Morgan fingerprint density at radius 3 is 2.90 bits per heavy atom. The molecule has 4 aromatic rings. The predicted molar refractivity (Wildman–Crippen MR) is 154 cm³/mol. The Morgan fingerprint density at radius 2 is 2.12 bits per heavy atom. The molecule has 2 amide bonds. The molecule has 206 valence electrons. The lowest BCUT2D eigenvalue weighted by Gasteiger charge is -2.23. The third-order valence-corrected chi connectivity index (χ3v) is 7.93. The zero-order valence-corrected chi connectivity index (χ0v) is 23.2. The number of fused-ring (bicyclic) bond motifs is 1. The molecule has 3 heterocycles. The van der Waals surface area contributed by atoms with E-state index in [0.717, 1.165) is 10.6 Å². The number of carbonyl (C=O) groups is 2. The van der Waals surface area contributed by atoms with Crippen LogP contribution >= 0.6 is 22.9 Å². The van der Waals surface area contributed by atoms with E-state index in [0.29, 0.717) is 60.6 Å². The summed E-state index contributed by atoms with van der Waals surface area (Å²) in [6.07, 6.45) is 4.44. The van der Waals surface area contributed by atoms with Crippen molar-refractivity contribution >= 4 is 62.8 Å². The van der Waals surface area contributed by atoms with Gasteiger partial charge in [-0.2, -0.15) is 0 Å². The first-order chi connectivity index (χ1) is 19.4. The molecule has 1 aliphatic rings. The van der Waals surface area contributed by atoms with Gasteiger partial charge in [0, 0.05) is 29.3 Å². The van der Waals surface area contributed by atoms with Crippen LogP contribution in [0.4, 0.5) is 21.6 Å². The van der Waals surface area contributed by atoms with E-state index in [4.69, 9.17) is 16.3 Å². The minimum absolute atomic E-state index is 0.0293. The number of amides is 2. The normalized spacial score (nSPS) is 14.8. The van der Waals surface area contributed by atoms with E-state index >= 15 is 0 Å². The highest BCUT2D eigenvalue weighted by molar-refractivity contribution is 7.09. The smallest absolute Gasteiger partial charge is 0.247 e. The van der Waals surface area contributed by atoms with Crippen molar-refractivity contribution in [2.75, 3.05) is 23.8 Å². The number of rotatable bonds is 9. The van der Waals surface area contributed by atoms with Gasteiger partial charge in [0.1, 0.15) is 23.9 Å². The second-order valence-corrected chi connectivity index (χ2v) is 10.5. The third-order valence-electron chi connectivity index (χ3n) is 6.64. The lowest BCUT2D eigenvalue weighted by atomic mass is 10.1. The van der Waals surface area contributed by atoms with Gasteiger partial charge in [0.2, 0.25) is 11.8 Å². The van der Waals surface area contributed by atoms with Gasteiger partial charge in [-0.25, -0.2) is 19.3 Å². The molecule has 0 unspecified atom stereocenters. The Bertz CT molecular complexity index is 1600. The fourth-order valence-corrected chi connectivity index (χ4v) is 5.52. The van der Waals surface area contributed by atoms with Gasteiger partial charge < -0.3 is 20.3 Å². The van der Waals surface area contributed by atoms with Crippen LogP contribution in [0.25, 0.3) is 10.9 Å². The largest absolute Gasteiger partial charge is 0.491 e. The number of thiazole rings is 1. The number of carbonyl (C=O) groups excluding carboxylic acids is 2. The number of ether oxygens (including phenoxy) is 1. The van der Waals surface area contributed by atoms with E-state index in [1.54, 1.807) is 41.1 Å². The van der Waals surface area contributed by atoms with Gasteiger partial charge in [-0.3, -0.25) is 9.59 Å². The number of nitrogens with one attached hydrogen (secondary N) is 2. The molecule has 1 fully saturated rings. The van der Waals surface area contributed by atoms with Gasteiger partial charge in [0.25, 0.3) is 0 Å². The summed E-state index contributed by atoms with van der Waals surface area (Å²) in [5, 5.41) is 6.41. The number of benzene rings is 2. The Hall–Kier alpha value is -4.09. The SMILES string of the molecule is C=CC(=O)N1CCC[C@H]1C(=O)Nc1cc2c(Nc3cccc(Cl)c3F)ncnc2cc1OCCc1scnc1C. The van der Waals surface area contributed by atoms with Gasteiger partial charge in [-0.15, -0.1) is 11.3 Å². The summed E-state index contributed by atoms with van der Waals surface area (Å²) in [5.41, 5.74) is 3.78. The molecule has 5 rings (SSSR count). The number of hydrogen-bond donors (Lipinski definition) is 2. The average molecular weight is 581 g/mol. The molecule has 2 aromatic carbocycles. The molecule has 2 N–H and O–H groups in total. The quantitative estimate of drug-likeness (QED) is 0.246. The average Bonchev–Trinajstić information content (AvgIpc) is 3.60. The highest BCUT2D eigenvalue weighted by atomic mass is 35.5. The standard InChI is InChI=1S/C28H26ClFN6O3S/c1-3-25(37)36-10-5-8-22(36)28(38)35-21-12-17-20(13-23(21)39-11-9-24-16(2)33-15-40-24)31-14-32-27(17)34-19-7-4-6-18(29)26(19)30/h3-4,6-7,12-15,22H,1,5,8-11H2,2H3,(H,35,38)(H,31,32,34)/t22-/m0/s1. The van der Waals surface area contributed by atoms with E-state index < -0.39 is 11.9 Å². The van der Waals surface area contributed by atoms with Gasteiger partial charge in [-0.1, -0.05) is 24.2 Å². The molecule has 2 aromatic heterocycles. The van der Waals surface area contributed by atoms with E-state index in [1.165, 1.54) is 23.4 Å². The molecule has 1 atom stereocenters. The highest BCUT2D eigenvalue weighted by Crippen LogP contribution is 2.35. The summed E-state index contributed by atoms with van der Waals surface area (Å²) in [7, 11) is 0. The first-order valence-corrected chi connectivity index (χ1v) is 13.9. The lowest BCUT2D eigenvalue weighted by Crippen LogP contribution is -2.42. The number of anilines is 3. The highest BCUT2D eigenvalue weighted by Gasteiger charge is 2.33. The molecular weight excluding hydrogens is 555 g/mol. The Labute approximate surface area is 239 Å². The monoisotopic (exact) mass is 580 g/mol. The fraction of sp³-hybridized carbons (Fsp3) is 0.250. The summed E-state index contributed by atoms with van der Waals surface area (Å²) < 4.78 is 20.8. The van der Waals surface area contributed by atoms with Crippen LogP contribution in [0.3, 0.4) is 0 Å². The maximum atomic E-state index is 14.6. The summed E-state index contributed by atoms with van der Waals surface area (Å²) in [4.78, 5) is 41.2. The van der Waals surface area contributed by atoms with Crippen molar-refractivity contribution in [3.8, 4) is 5.75 Å². The minimum Gasteiger partial charge on any atom is -0.491 e. The number of aryl methyl sites for hydroxylation is 1. The Kier molecular flexibility index (Phi) is 8.22. The molecule has 0 bridgehead atoms. The van der Waals surface area contributed by atoms with Gasteiger partial charge in [0.05, 0.1) is 39.7 Å².